The van der Waals surface area contributed by atoms with E-state index in [2.05, 4.69) is 42.5 Å². The highest BCUT2D eigenvalue weighted by molar-refractivity contribution is 7.10. The van der Waals surface area contributed by atoms with Gasteiger partial charge in [0.05, 0.1) is 6.04 Å². The van der Waals surface area contributed by atoms with Gasteiger partial charge in [-0.25, -0.2) is 0 Å². The van der Waals surface area contributed by atoms with Crippen molar-refractivity contribution in [1.82, 2.24) is 0 Å². The molecule has 0 saturated carbocycles. The zero-order valence-corrected chi connectivity index (χ0v) is 13.7. The topological polar surface area (TPSA) is 29.3 Å². The van der Waals surface area contributed by atoms with Gasteiger partial charge in [-0.05, 0) is 49.4 Å². The van der Waals surface area contributed by atoms with Gasteiger partial charge in [-0.1, -0.05) is 23.7 Å². The average Bonchev–Trinajstić information content (AvgIpc) is 2.92. The van der Waals surface area contributed by atoms with Crippen LogP contribution in [0, 0.1) is 0 Å². The lowest BCUT2D eigenvalue weighted by Gasteiger charge is -2.29. The maximum absolute atomic E-state index is 6.17. The Hall–Kier alpha value is -1.03. The van der Waals surface area contributed by atoms with Crippen LogP contribution in [0.3, 0.4) is 0 Å². The molecule has 1 aromatic carbocycles. The molecule has 4 heteroatoms. The van der Waals surface area contributed by atoms with Crippen LogP contribution >= 0.6 is 22.9 Å². The second kappa shape index (κ2) is 6.61. The Labute approximate surface area is 130 Å². The summed E-state index contributed by atoms with van der Waals surface area (Å²) >= 11 is 7.95. The number of halogens is 1. The van der Waals surface area contributed by atoms with Gasteiger partial charge in [0.25, 0.3) is 0 Å². The Balaban J connectivity index is 2.32. The van der Waals surface area contributed by atoms with E-state index < -0.39 is 0 Å². The Kier molecular flexibility index (Phi) is 5.08. The third kappa shape index (κ3) is 3.54. The van der Waals surface area contributed by atoms with Gasteiger partial charge in [0.2, 0.25) is 0 Å². The molecule has 0 bridgehead atoms. The largest absolute Gasteiger partial charge is 0.367 e. The zero-order chi connectivity index (χ0) is 14.7. The van der Waals surface area contributed by atoms with Crippen LogP contribution in [0.1, 0.15) is 30.3 Å². The number of hydrogen-bond acceptors (Lipinski definition) is 3. The molecule has 0 aliphatic carbocycles. The number of thiophene rings is 1. The maximum Gasteiger partial charge on any atom is 0.0603 e. The Morgan fingerprint density at radius 2 is 2.05 bits per heavy atom. The number of nitrogens with zero attached hydrogens (tertiary/aromatic N) is 1. The number of hydrogen-bond donors (Lipinski definition) is 1. The lowest BCUT2D eigenvalue weighted by atomic mass is 10.0. The predicted molar refractivity (Wildman–Crippen MR) is 89.9 cm³/mol. The molecule has 0 spiro atoms. The summed E-state index contributed by atoms with van der Waals surface area (Å²) in [5.41, 5.74) is 8.36. The quantitative estimate of drug-likeness (QED) is 0.882. The summed E-state index contributed by atoms with van der Waals surface area (Å²) in [4.78, 5) is 3.62. The van der Waals surface area contributed by atoms with E-state index in [0.717, 1.165) is 17.1 Å². The molecule has 0 amide bonds. The summed E-state index contributed by atoms with van der Waals surface area (Å²) in [5.74, 6) is 0. The van der Waals surface area contributed by atoms with E-state index in [1.165, 1.54) is 10.4 Å². The van der Waals surface area contributed by atoms with Crippen molar-refractivity contribution in [3.8, 4) is 0 Å². The van der Waals surface area contributed by atoms with Crippen molar-refractivity contribution in [2.45, 2.75) is 32.4 Å². The van der Waals surface area contributed by atoms with Crippen LogP contribution in [0.15, 0.2) is 35.7 Å². The van der Waals surface area contributed by atoms with E-state index in [1.54, 1.807) is 11.3 Å². The van der Waals surface area contributed by atoms with Crippen LogP contribution in [-0.4, -0.2) is 13.1 Å². The highest BCUT2D eigenvalue weighted by atomic mass is 35.5. The third-order valence-corrected chi connectivity index (χ3v) is 4.78. The Morgan fingerprint density at radius 3 is 2.65 bits per heavy atom. The molecule has 0 fully saturated rings. The SMILES string of the molecule is CC(N)Cc1ccc(Cl)cc1N(C)C(C)c1cccs1. The van der Waals surface area contributed by atoms with Crippen LogP contribution in [-0.2, 0) is 6.42 Å². The van der Waals surface area contributed by atoms with E-state index in [0.29, 0.717) is 6.04 Å². The van der Waals surface area contributed by atoms with Crippen molar-refractivity contribution >= 4 is 28.6 Å². The van der Waals surface area contributed by atoms with Crippen molar-refractivity contribution in [3.63, 3.8) is 0 Å². The Bertz CT molecular complexity index is 552. The van der Waals surface area contributed by atoms with Crippen molar-refractivity contribution in [2.24, 2.45) is 5.73 Å². The number of anilines is 1. The second-order valence-corrected chi connectivity index (χ2v) is 6.67. The summed E-state index contributed by atoms with van der Waals surface area (Å²) in [6.45, 7) is 4.24. The average molecular weight is 309 g/mol. The minimum absolute atomic E-state index is 0.139. The molecule has 2 N–H and O–H groups in total. The summed E-state index contributed by atoms with van der Waals surface area (Å²) in [5, 5.41) is 2.87. The van der Waals surface area contributed by atoms with Gasteiger partial charge in [0.15, 0.2) is 0 Å². The fourth-order valence-electron chi connectivity index (χ4n) is 2.31. The van der Waals surface area contributed by atoms with Gasteiger partial charge in [-0.3, -0.25) is 0 Å². The highest BCUT2D eigenvalue weighted by Gasteiger charge is 2.17. The minimum atomic E-state index is 0.139. The van der Waals surface area contributed by atoms with Gasteiger partial charge in [-0.15, -0.1) is 11.3 Å². The molecule has 0 aliphatic heterocycles. The first-order valence-electron chi connectivity index (χ1n) is 6.79. The van der Waals surface area contributed by atoms with Crippen LogP contribution in [0.2, 0.25) is 5.02 Å². The smallest absolute Gasteiger partial charge is 0.0603 e. The molecule has 0 radical (unpaired) electrons. The van der Waals surface area contributed by atoms with Crippen LogP contribution in [0.25, 0.3) is 0 Å². The van der Waals surface area contributed by atoms with Crippen molar-refractivity contribution < 1.29 is 0 Å². The molecule has 2 rings (SSSR count). The van der Waals surface area contributed by atoms with Gasteiger partial charge in [0.1, 0.15) is 0 Å². The Morgan fingerprint density at radius 1 is 1.30 bits per heavy atom. The minimum Gasteiger partial charge on any atom is -0.367 e. The van der Waals surface area contributed by atoms with Crippen molar-refractivity contribution in [2.75, 3.05) is 11.9 Å². The zero-order valence-electron chi connectivity index (χ0n) is 12.1. The van der Waals surface area contributed by atoms with Crippen LogP contribution in [0.4, 0.5) is 5.69 Å². The van der Waals surface area contributed by atoms with E-state index in [4.69, 9.17) is 17.3 Å². The number of rotatable bonds is 5. The standard InChI is InChI=1S/C16H21ClN2S/c1-11(18)9-13-6-7-14(17)10-15(13)19(3)12(2)16-5-4-8-20-16/h4-8,10-12H,9,18H2,1-3H3. The van der Waals surface area contributed by atoms with Crippen molar-refractivity contribution in [1.29, 1.82) is 0 Å². The first-order valence-corrected chi connectivity index (χ1v) is 8.05. The molecule has 1 aromatic heterocycles. The monoisotopic (exact) mass is 308 g/mol. The second-order valence-electron chi connectivity index (χ2n) is 5.26. The highest BCUT2D eigenvalue weighted by Crippen LogP contribution is 2.32. The molecule has 2 aromatic rings. The van der Waals surface area contributed by atoms with Crippen LogP contribution in [0.5, 0.6) is 0 Å². The molecule has 108 valence electrons. The molecule has 0 aliphatic rings. The predicted octanol–water partition coefficient (Wildman–Crippen LogP) is 4.49. The van der Waals surface area contributed by atoms with E-state index >= 15 is 0 Å². The fraction of sp³-hybridized carbons (Fsp3) is 0.375. The lowest BCUT2D eigenvalue weighted by molar-refractivity contribution is 0.716. The van der Waals surface area contributed by atoms with E-state index in [-0.39, 0.29) is 6.04 Å². The molecule has 0 saturated heterocycles. The summed E-state index contributed by atoms with van der Waals surface area (Å²) in [6.07, 6.45) is 0.855. The summed E-state index contributed by atoms with van der Waals surface area (Å²) in [6, 6.07) is 10.8. The van der Waals surface area contributed by atoms with Gasteiger partial charge >= 0.3 is 0 Å². The number of benzene rings is 1. The molecule has 2 atom stereocenters. The van der Waals surface area contributed by atoms with Crippen LogP contribution < -0.4 is 10.6 Å². The molecular weight excluding hydrogens is 288 g/mol. The fourth-order valence-corrected chi connectivity index (χ4v) is 3.31. The summed E-state index contributed by atoms with van der Waals surface area (Å²) in [7, 11) is 2.11. The molecule has 2 nitrogen and oxygen atoms in total. The maximum atomic E-state index is 6.17. The van der Waals surface area contributed by atoms with Gasteiger partial charge in [-0.2, -0.15) is 0 Å². The van der Waals surface area contributed by atoms with Crippen molar-refractivity contribution in [3.05, 3.63) is 51.2 Å². The molecule has 1 heterocycles. The lowest BCUT2D eigenvalue weighted by Crippen LogP contribution is -2.24. The molecular formula is C16H21ClN2S. The molecule has 20 heavy (non-hydrogen) atoms. The summed E-state index contributed by atoms with van der Waals surface area (Å²) < 4.78 is 0. The first-order chi connectivity index (χ1) is 9.49. The number of nitrogens with two attached hydrogens (primary N) is 1. The first kappa shape index (κ1) is 15.4. The third-order valence-electron chi connectivity index (χ3n) is 3.51. The van der Waals surface area contributed by atoms with Gasteiger partial charge < -0.3 is 10.6 Å². The normalized spacial score (nSPS) is 14.1. The van der Waals surface area contributed by atoms with Gasteiger partial charge in [0, 0.05) is 28.7 Å². The van der Waals surface area contributed by atoms with E-state index in [9.17, 15) is 0 Å². The molecule has 2 unspecified atom stereocenters. The van der Waals surface area contributed by atoms with E-state index in [1.807, 2.05) is 19.1 Å².